The number of amides is 1. The molecule has 0 spiro atoms. The van der Waals surface area contributed by atoms with E-state index in [1.165, 1.54) is 13.0 Å². The number of nitrogens with one attached hydrogen (secondary N) is 1. The molecule has 2 aliphatic rings. The number of hydrogen-bond donors (Lipinski definition) is 3. The lowest BCUT2D eigenvalue weighted by molar-refractivity contribution is -0.182. The van der Waals surface area contributed by atoms with Crippen LogP contribution in [0.1, 0.15) is 12.5 Å². The van der Waals surface area contributed by atoms with Gasteiger partial charge in [-0.1, -0.05) is 0 Å². The van der Waals surface area contributed by atoms with Crippen LogP contribution in [0.3, 0.4) is 0 Å². The van der Waals surface area contributed by atoms with Crippen LogP contribution in [0.5, 0.6) is 0 Å². The second kappa shape index (κ2) is 6.01. The lowest BCUT2D eigenvalue weighted by Crippen LogP contribution is -2.57. The molecule has 4 N–H and O–H groups in total. The highest BCUT2D eigenvalue weighted by Gasteiger charge is 2.64. The van der Waals surface area contributed by atoms with Gasteiger partial charge in [0.1, 0.15) is 5.82 Å². The average Bonchev–Trinajstić information content (AvgIpc) is 2.85. The molecule has 1 aromatic rings. The summed E-state index contributed by atoms with van der Waals surface area (Å²) < 4.78 is 66.1. The molecule has 1 saturated heterocycles. The Morgan fingerprint density at radius 1 is 1.46 bits per heavy atom. The summed E-state index contributed by atoms with van der Waals surface area (Å²) in [5.74, 6) is -2.28. The van der Waals surface area contributed by atoms with Crippen LogP contribution < -0.4 is 11.1 Å². The Bertz CT molecular complexity index is 770. The quantitative estimate of drug-likeness (QED) is 0.514. The van der Waals surface area contributed by atoms with Gasteiger partial charge in [0.25, 0.3) is 6.02 Å². The lowest BCUT2D eigenvalue weighted by Gasteiger charge is -2.42. The van der Waals surface area contributed by atoms with Gasteiger partial charge < -0.3 is 20.3 Å². The van der Waals surface area contributed by atoms with Crippen LogP contribution in [0.25, 0.3) is 0 Å². The van der Waals surface area contributed by atoms with E-state index in [0.29, 0.717) is 0 Å². The van der Waals surface area contributed by atoms with Gasteiger partial charge in [-0.15, -0.1) is 0 Å². The summed E-state index contributed by atoms with van der Waals surface area (Å²) >= 11 is 0. The van der Waals surface area contributed by atoms with E-state index in [1.54, 1.807) is 5.32 Å². The second-order valence-corrected chi connectivity index (χ2v) is 6.12. The van der Waals surface area contributed by atoms with Gasteiger partial charge in [0.2, 0.25) is 0 Å². The fourth-order valence-corrected chi connectivity index (χ4v) is 3.45. The van der Waals surface area contributed by atoms with E-state index >= 15 is 0 Å². The number of carbonyl (C=O) groups is 1. The van der Waals surface area contributed by atoms with Crippen LogP contribution >= 0.6 is 0 Å². The van der Waals surface area contributed by atoms with E-state index in [9.17, 15) is 22.4 Å². The number of rotatable bonds is 1. The Morgan fingerprint density at radius 2 is 2.15 bits per heavy atom. The van der Waals surface area contributed by atoms with E-state index in [0.717, 1.165) is 12.1 Å². The minimum absolute atomic E-state index is 0.108. The molecule has 3 rings (SSSR count). The van der Waals surface area contributed by atoms with Crippen LogP contribution in [-0.2, 0) is 15.1 Å². The van der Waals surface area contributed by atoms with Crippen molar-refractivity contribution in [2.75, 3.05) is 12.3 Å². The zero-order valence-electron chi connectivity index (χ0n) is 13.4. The molecule has 2 heterocycles. The summed E-state index contributed by atoms with van der Waals surface area (Å²) in [5.41, 5.74) is 3.59. The number of benzene rings is 1. The highest BCUT2D eigenvalue weighted by molar-refractivity contribution is 5.90. The van der Waals surface area contributed by atoms with Crippen molar-refractivity contribution in [2.24, 2.45) is 10.9 Å². The molecule has 0 radical (unpaired) electrons. The van der Waals surface area contributed by atoms with Gasteiger partial charge in [0.15, 0.2) is 11.6 Å². The fraction of sp³-hybridized carbons (Fsp3) is 0.467. The number of amidine groups is 1. The van der Waals surface area contributed by atoms with E-state index in [1.807, 2.05) is 0 Å². The molecule has 142 valence electrons. The molecule has 1 aromatic carbocycles. The third-order valence-electron chi connectivity index (χ3n) is 4.48. The highest BCUT2D eigenvalue weighted by atomic mass is 19.4. The average molecular weight is 377 g/mol. The topological polar surface area (TPSA) is 106 Å². The number of aliphatic imine (C=N–C) groups is 1. The minimum atomic E-state index is -4.83. The Labute approximate surface area is 144 Å². The number of halogens is 4. The first-order valence-corrected chi connectivity index (χ1v) is 7.55. The van der Waals surface area contributed by atoms with Crippen molar-refractivity contribution in [1.29, 1.82) is 0 Å². The largest absolute Gasteiger partial charge is 0.465 e. The van der Waals surface area contributed by atoms with Crippen molar-refractivity contribution in [3.05, 3.63) is 29.6 Å². The molecule has 0 saturated carbocycles. The summed E-state index contributed by atoms with van der Waals surface area (Å²) in [5, 5.41) is 10.5. The standard InChI is InChI=1S/C15H15F4N3O4/c1-6-10-11(15(17,18)19)21-12(22-13(23)24)26-14(10,5-25-6)8-4-7(20)2-3-9(8)16/h2-4,6,10-11H,5,20H2,1H3,(H,21,22)(H,23,24)/t6-,10-,11+,14-/m1/s1. The third kappa shape index (κ3) is 2.91. The number of nitrogens with two attached hydrogens (primary N) is 1. The molecule has 1 amide bonds. The first kappa shape index (κ1) is 18.2. The Kier molecular flexibility index (Phi) is 4.21. The number of anilines is 1. The van der Waals surface area contributed by atoms with Crippen molar-refractivity contribution in [1.82, 2.24) is 5.32 Å². The van der Waals surface area contributed by atoms with Gasteiger partial charge >= 0.3 is 12.3 Å². The number of alkyl halides is 3. The predicted molar refractivity (Wildman–Crippen MR) is 80.9 cm³/mol. The number of nitrogens with zero attached hydrogens (tertiary/aromatic N) is 1. The van der Waals surface area contributed by atoms with Crippen LogP contribution in [0, 0.1) is 11.7 Å². The minimum Gasteiger partial charge on any atom is -0.465 e. The van der Waals surface area contributed by atoms with Crippen molar-refractivity contribution >= 4 is 17.8 Å². The van der Waals surface area contributed by atoms with Gasteiger partial charge in [-0.25, -0.2) is 19.5 Å². The molecular formula is C15H15F4N3O4. The van der Waals surface area contributed by atoms with Crippen molar-refractivity contribution in [2.45, 2.75) is 30.8 Å². The van der Waals surface area contributed by atoms with Gasteiger partial charge in [-0.2, -0.15) is 13.2 Å². The molecule has 7 nitrogen and oxygen atoms in total. The van der Waals surface area contributed by atoms with E-state index in [2.05, 4.69) is 4.99 Å². The first-order chi connectivity index (χ1) is 12.0. The van der Waals surface area contributed by atoms with Gasteiger partial charge in [0, 0.05) is 11.3 Å². The molecular weight excluding hydrogens is 362 g/mol. The predicted octanol–water partition coefficient (Wildman–Crippen LogP) is 2.22. The smallest absolute Gasteiger partial charge is 0.412 e. The van der Waals surface area contributed by atoms with Crippen molar-refractivity contribution in [3.63, 3.8) is 0 Å². The summed E-state index contributed by atoms with van der Waals surface area (Å²) in [6.07, 6.45) is -7.47. The molecule has 0 bridgehead atoms. The van der Waals surface area contributed by atoms with Gasteiger partial charge in [0.05, 0.1) is 18.6 Å². The SMILES string of the molecule is C[C@H]1OC[C@]2(c3cc(N)ccc3F)OC(NC(=O)O)=N[C@H](C(F)(F)F)[C@@H]12. The van der Waals surface area contributed by atoms with Crippen molar-refractivity contribution in [3.8, 4) is 0 Å². The normalized spacial score (nSPS) is 31.0. The number of nitrogen functional groups attached to an aromatic ring is 1. The maximum absolute atomic E-state index is 14.5. The Balaban J connectivity index is 2.20. The monoisotopic (exact) mass is 377 g/mol. The number of ether oxygens (including phenoxy) is 2. The summed E-state index contributed by atoms with van der Waals surface area (Å²) in [7, 11) is 0. The number of hydrogen-bond acceptors (Lipinski definition) is 5. The fourth-order valence-electron chi connectivity index (χ4n) is 3.45. The molecule has 0 aromatic heterocycles. The maximum atomic E-state index is 14.5. The second-order valence-electron chi connectivity index (χ2n) is 6.12. The third-order valence-corrected chi connectivity index (χ3v) is 4.48. The maximum Gasteiger partial charge on any atom is 0.412 e. The first-order valence-electron chi connectivity index (χ1n) is 7.55. The Hall–Kier alpha value is -2.56. The highest BCUT2D eigenvalue weighted by Crippen LogP contribution is 2.51. The zero-order valence-corrected chi connectivity index (χ0v) is 13.4. The number of fused-ring (bicyclic) bond motifs is 1. The summed E-state index contributed by atoms with van der Waals surface area (Å²) in [4.78, 5) is 14.2. The van der Waals surface area contributed by atoms with Crippen LogP contribution in [0.4, 0.5) is 28.0 Å². The van der Waals surface area contributed by atoms with Crippen LogP contribution in [0.2, 0.25) is 0 Å². The Morgan fingerprint density at radius 3 is 2.77 bits per heavy atom. The van der Waals surface area contributed by atoms with E-state index < -0.39 is 54.4 Å². The molecule has 26 heavy (non-hydrogen) atoms. The lowest BCUT2D eigenvalue weighted by atomic mass is 9.75. The molecule has 0 aliphatic carbocycles. The molecule has 1 fully saturated rings. The van der Waals surface area contributed by atoms with Gasteiger partial charge in [-0.05, 0) is 25.1 Å². The molecule has 2 aliphatic heterocycles. The number of carboxylic acid groups (broad SMARTS) is 1. The summed E-state index contributed by atoms with van der Waals surface area (Å²) in [6, 6.07) is 0.174. The van der Waals surface area contributed by atoms with Crippen LogP contribution in [0.15, 0.2) is 23.2 Å². The van der Waals surface area contributed by atoms with E-state index in [-0.39, 0.29) is 11.3 Å². The zero-order chi connectivity index (χ0) is 19.3. The summed E-state index contributed by atoms with van der Waals surface area (Å²) in [6.45, 7) is 0.968. The van der Waals surface area contributed by atoms with Crippen LogP contribution in [-0.4, -0.2) is 42.2 Å². The van der Waals surface area contributed by atoms with Crippen molar-refractivity contribution < 1.29 is 36.9 Å². The van der Waals surface area contributed by atoms with Gasteiger partial charge in [-0.3, -0.25) is 0 Å². The van der Waals surface area contributed by atoms with E-state index in [4.69, 9.17) is 20.3 Å². The molecule has 4 atom stereocenters. The molecule has 0 unspecified atom stereocenters. The molecule has 11 heteroatoms.